The van der Waals surface area contributed by atoms with Crippen LogP contribution < -0.4 is 0 Å². The summed E-state index contributed by atoms with van der Waals surface area (Å²) < 4.78 is 5.11. The van der Waals surface area contributed by atoms with Gasteiger partial charge in [-0.1, -0.05) is 30.3 Å². The van der Waals surface area contributed by atoms with E-state index in [1.807, 2.05) is 37.3 Å². The van der Waals surface area contributed by atoms with E-state index in [1.54, 1.807) is 6.20 Å². The van der Waals surface area contributed by atoms with Crippen molar-refractivity contribution in [2.45, 2.75) is 13.5 Å². The minimum Gasteiger partial charge on any atom is -0.456 e. The van der Waals surface area contributed by atoms with Crippen molar-refractivity contribution in [3.05, 3.63) is 59.7 Å². The Morgan fingerprint density at radius 1 is 1.18 bits per heavy atom. The molecule has 17 heavy (non-hydrogen) atoms. The van der Waals surface area contributed by atoms with Gasteiger partial charge in [-0.25, -0.2) is 9.78 Å². The molecule has 0 spiro atoms. The first-order chi connectivity index (χ1) is 8.25. The summed E-state index contributed by atoms with van der Waals surface area (Å²) in [5.74, 6) is -0.457. The van der Waals surface area contributed by atoms with Crippen molar-refractivity contribution in [3.63, 3.8) is 0 Å². The van der Waals surface area contributed by atoms with Gasteiger partial charge in [0.25, 0.3) is 0 Å². The summed E-state index contributed by atoms with van der Waals surface area (Å²) in [6, 6.07) is 9.50. The fourth-order valence-corrected chi connectivity index (χ4v) is 1.30. The molecule has 1 aromatic carbocycles. The lowest BCUT2D eigenvalue weighted by atomic mass is 10.2. The molecular weight excluding hydrogens is 216 g/mol. The van der Waals surface area contributed by atoms with Gasteiger partial charge in [0.2, 0.25) is 0 Å². The van der Waals surface area contributed by atoms with Crippen LogP contribution in [0.25, 0.3) is 0 Å². The van der Waals surface area contributed by atoms with Crippen LogP contribution in [0, 0.1) is 6.92 Å². The fourth-order valence-electron chi connectivity index (χ4n) is 1.30. The van der Waals surface area contributed by atoms with E-state index in [0.29, 0.717) is 0 Å². The molecule has 0 aliphatic heterocycles. The van der Waals surface area contributed by atoms with Crippen LogP contribution >= 0.6 is 0 Å². The molecule has 2 rings (SSSR count). The number of benzene rings is 1. The Kier molecular flexibility index (Phi) is 3.45. The maximum Gasteiger partial charge on any atom is 0.358 e. The van der Waals surface area contributed by atoms with E-state index in [4.69, 9.17) is 4.74 Å². The summed E-state index contributed by atoms with van der Waals surface area (Å²) >= 11 is 0. The number of ether oxygens (including phenoxy) is 1. The van der Waals surface area contributed by atoms with Gasteiger partial charge >= 0.3 is 5.97 Å². The Morgan fingerprint density at radius 2 is 1.94 bits per heavy atom. The van der Waals surface area contributed by atoms with E-state index in [-0.39, 0.29) is 12.3 Å². The van der Waals surface area contributed by atoms with E-state index >= 15 is 0 Å². The largest absolute Gasteiger partial charge is 0.456 e. The zero-order chi connectivity index (χ0) is 12.1. The Bertz CT molecular complexity index is 495. The molecule has 4 nitrogen and oxygen atoms in total. The summed E-state index contributed by atoms with van der Waals surface area (Å²) in [6.07, 6.45) is 2.96. The van der Waals surface area contributed by atoms with Crippen molar-refractivity contribution in [2.24, 2.45) is 0 Å². The summed E-state index contributed by atoms with van der Waals surface area (Å²) in [4.78, 5) is 19.5. The van der Waals surface area contributed by atoms with Gasteiger partial charge in [0.05, 0.1) is 11.9 Å². The Hall–Kier alpha value is -2.23. The fraction of sp³-hybridized carbons (Fsp3) is 0.154. The van der Waals surface area contributed by atoms with Gasteiger partial charge in [0.15, 0.2) is 5.69 Å². The van der Waals surface area contributed by atoms with Gasteiger partial charge in [-0.05, 0) is 12.5 Å². The standard InChI is InChI=1S/C13H12N2O2/c1-10-7-15-12(8-14-10)13(16)17-9-11-5-3-2-4-6-11/h2-8H,9H2,1H3. The molecule has 0 saturated carbocycles. The molecule has 1 aromatic heterocycles. The molecule has 0 aliphatic carbocycles. The van der Waals surface area contributed by atoms with Gasteiger partial charge in [-0.15, -0.1) is 0 Å². The second-order valence-corrected chi connectivity index (χ2v) is 3.60. The highest BCUT2D eigenvalue weighted by atomic mass is 16.5. The van der Waals surface area contributed by atoms with Crippen LogP contribution in [0.1, 0.15) is 21.7 Å². The number of hydrogen-bond acceptors (Lipinski definition) is 4. The second kappa shape index (κ2) is 5.21. The Morgan fingerprint density at radius 3 is 2.59 bits per heavy atom. The molecule has 0 atom stereocenters. The molecule has 0 fully saturated rings. The first-order valence-electron chi connectivity index (χ1n) is 5.25. The van der Waals surface area contributed by atoms with Crippen molar-refractivity contribution >= 4 is 5.97 Å². The van der Waals surface area contributed by atoms with Crippen molar-refractivity contribution < 1.29 is 9.53 Å². The summed E-state index contributed by atoms with van der Waals surface area (Å²) in [5.41, 5.74) is 1.94. The van der Waals surface area contributed by atoms with Crippen molar-refractivity contribution in [2.75, 3.05) is 0 Å². The molecule has 0 saturated heterocycles. The van der Waals surface area contributed by atoms with Gasteiger partial charge < -0.3 is 4.74 Å². The number of aryl methyl sites for hydroxylation is 1. The summed E-state index contributed by atoms with van der Waals surface area (Å²) in [5, 5.41) is 0. The first-order valence-corrected chi connectivity index (χ1v) is 5.25. The third kappa shape index (κ3) is 3.11. The van der Waals surface area contributed by atoms with E-state index in [2.05, 4.69) is 9.97 Å². The molecule has 86 valence electrons. The third-order valence-corrected chi connectivity index (χ3v) is 2.20. The molecule has 0 aliphatic rings. The van der Waals surface area contributed by atoms with Crippen molar-refractivity contribution in [1.82, 2.24) is 9.97 Å². The second-order valence-electron chi connectivity index (χ2n) is 3.60. The minimum absolute atomic E-state index is 0.228. The lowest BCUT2D eigenvalue weighted by Crippen LogP contribution is -2.08. The topological polar surface area (TPSA) is 52.1 Å². The molecular formula is C13H12N2O2. The average Bonchev–Trinajstić information content (AvgIpc) is 2.38. The van der Waals surface area contributed by atoms with Crippen LogP contribution in [0.15, 0.2) is 42.7 Å². The maximum absolute atomic E-state index is 11.6. The summed E-state index contributed by atoms with van der Waals surface area (Å²) in [6.45, 7) is 2.06. The molecule has 4 heteroatoms. The van der Waals surface area contributed by atoms with Gasteiger partial charge in [0.1, 0.15) is 6.61 Å². The minimum atomic E-state index is -0.457. The highest BCUT2D eigenvalue weighted by Crippen LogP contribution is 2.03. The van der Waals surface area contributed by atoms with Crippen LogP contribution in [-0.2, 0) is 11.3 Å². The SMILES string of the molecule is Cc1cnc(C(=O)OCc2ccccc2)cn1. The Labute approximate surface area is 99.3 Å². The van der Waals surface area contributed by atoms with E-state index in [0.717, 1.165) is 11.3 Å². The number of carbonyl (C=O) groups is 1. The molecule has 2 aromatic rings. The van der Waals surface area contributed by atoms with Gasteiger partial charge in [-0.3, -0.25) is 4.98 Å². The lowest BCUT2D eigenvalue weighted by molar-refractivity contribution is 0.0465. The smallest absolute Gasteiger partial charge is 0.358 e. The Balaban J connectivity index is 1.96. The number of rotatable bonds is 3. The molecule has 0 unspecified atom stereocenters. The van der Waals surface area contributed by atoms with E-state index in [1.165, 1.54) is 6.20 Å². The van der Waals surface area contributed by atoms with Crippen molar-refractivity contribution in [1.29, 1.82) is 0 Å². The maximum atomic E-state index is 11.6. The zero-order valence-electron chi connectivity index (χ0n) is 9.46. The van der Waals surface area contributed by atoms with Crippen LogP contribution in [0.3, 0.4) is 0 Å². The quantitative estimate of drug-likeness (QED) is 0.755. The van der Waals surface area contributed by atoms with Crippen LogP contribution in [0.5, 0.6) is 0 Å². The normalized spacial score (nSPS) is 9.94. The highest BCUT2D eigenvalue weighted by molar-refractivity contribution is 5.86. The van der Waals surface area contributed by atoms with Crippen LogP contribution in [0.4, 0.5) is 0 Å². The summed E-state index contributed by atoms with van der Waals surface area (Å²) in [7, 11) is 0. The molecule has 1 heterocycles. The van der Waals surface area contributed by atoms with E-state index in [9.17, 15) is 4.79 Å². The number of esters is 1. The average molecular weight is 228 g/mol. The predicted molar refractivity (Wildman–Crippen MR) is 62.3 cm³/mol. The lowest BCUT2D eigenvalue weighted by Gasteiger charge is -2.03. The van der Waals surface area contributed by atoms with Crippen molar-refractivity contribution in [3.8, 4) is 0 Å². The zero-order valence-corrected chi connectivity index (χ0v) is 9.46. The first kappa shape index (κ1) is 11.3. The number of carbonyl (C=O) groups excluding carboxylic acids is 1. The van der Waals surface area contributed by atoms with Gasteiger partial charge in [-0.2, -0.15) is 0 Å². The number of nitrogens with zero attached hydrogens (tertiary/aromatic N) is 2. The number of hydrogen-bond donors (Lipinski definition) is 0. The molecule has 0 amide bonds. The molecule has 0 bridgehead atoms. The van der Waals surface area contributed by atoms with Crippen LogP contribution in [-0.4, -0.2) is 15.9 Å². The van der Waals surface area contributed by atoms with Crippen LogP contribution in [0.2, 0.25) is 0 Å². The predicted octanol–water partition coefficient (Wildman–Crippen LogP) is 2.14. The van der Waals surface area contributed by atoms with E-state index < -0.39 is 5.97 Å². The van der Waals surface area contributed by atoms with Gasteiger partial charge in [0, 0.05) is 6.20 Å². The number of aromatic nitrogens is 2. The monoisotopic (exact) mass is 228 g/mol. The molecule has 0 N–H and O–H groups in total. The third-order valence-electron chi connectivity index (χ3n) is 2.20. The molecule has 0 radical (unpaired) electrons. The highest BCUT2D eigenvalue weighted by Gasteiger charge is 2.08.